The third kappa shape index (κ3) is 13.7. The Morgan fingerprint density at radius 2 is 1.22 bits per heavy atom. The van der Waals surface area contributed by atoms with Gasteiger partial charge in [0.25, 0.3) is 0 Å². The molecule has 1 unspecified atom stereocenters. The zero-order valence-electron chi connectivity index (χ0n) is 40.6. The van der Waals surface area contributed by atoms with Crippen molar-refractivity contribution in [2.24, 2.45) is 5.73 Å². The molecule has 2 aliphatic heterocycles. The molecule has 6 aromatic rings. The van der Waals surface area contributed by atoms with Gasteiger partial charge in [0.1, 0.15) is 33.6 Å². The molecule has 352 valence electrons. The van der Waals surface area contributed by atoms with E-state index in [1.54, 1.807) is 24.3 Å². The van der Waals surface area contributed by atoms with Crippen LogP contribution >= 0.6 is 31.9 Å². The molecule has 0 saturated heterocycles. The van der Waals surface area contributed by atoms with Crippen molar-refractivity contribution < 1.29 is 37.2 Å². The molecular formula is C53H64Br2F2LiN7O2. The minimum atomic E-state index is -0.606. The van der Waals surface area contributed by atoms with Crippen molar-refractivity contribution in [1.82, 2.24) is 28.9 Å². The molecule has 67 heavy (non-hydrogen) atoms. The third-order valence-electron chi connectivity index (χ3n) is 11.9. The number of carbonyl (C=O) groups is 2. The van der Waals surface area contributed by atoms with Gasteiger partial charge >= 0.3 is 18.9 Å². The van der Waals surface area contributed by atoms with E-state index in [0.29, 0.717) is 39.0 Å². The summed E-state index contributed by atoms with van der Waals surface area (Å²) in [6.07, 6.45) is 5.23. The van der Waals surface area contributed by atoms with Crippen molar-refractivity contribution in [2.45, 2.75) is 117 Å². The zero-order valence-corrected chi connectivity index (χ0v) is 43.7. The second-order valence-corrected chi connectivity index (χ2v) is 19.0. The normalized spacial score (nSPS) is 14.6. The van der Waals surface area contributed by atoms with Crippen molar-refractivity contribution in [3.8, 4) is 22.5 Å². The van der Waals surface area contributed by atoms with Gasteiger partial charge in [-0.05, 0) is 124 Å². The van der Waals surface area contributed by atoms with Crippen molar-refractivity contribution in [1.29, 1.82) is 0 Å². The second-order valence-electron chi connectivity index (χ2n) is 17.7. The maximum absolute atomic E-state index is 13.3. The number of aromatic nitrogens is 4. The van der Waals surface area contributed by atoms with Gasteiger partial charge in [0.2, 0.25) is 11.8 Å². The Hall–Kier alpha value is -4.38. The van der Waals surface area contributed by atoms with Gasteiger partial charge in [-0.25, -0.2) is 18.7 Å². The van der Waals surface area contributed by atoms with Crippen LogP contribution in [-0.2, 0) is 45.5 Å². The molecule has 2 aliphatic rings. The number of hydrogen-bond acceptors (Lipinski definition) is 5. The van der Waals surface area contributed by atoms with E-state index in [1.165, 1.54) is 47.4 Å². The van der Waals surface area contributed by atoms with Crippen molar-refractivity contribution in [3.63, 3.8) is 0 Å². The number of aryl methyl sites for hydroxylation is 2. The van der Waals surface area contributed by atoms with Crippen LogP contribution in [0, 0.1) is 32.4 Å². The Morgan fingerprint density at radius 1 is 0.731 bits per heavy atom. The SMILES string of the molecule is CCC(=O)N1CCn2c(nc(-c3ccc(F)cc3)c2Br)C1(C)C.Cc1ccc(CBr)cc1.Cc1ccc(CC(N)C(=O)N2CCn3cc(-c4ccc(F)cc4)nc3C2(C)C)cc1.[CH2-]CCC.[Li+]. The third-order valence-corrected chi connectivity index (χ3v) is 13.3. The predicted octanol–water partition coefficient (Wildman–Crippen LogP) is 9.10. The molecule has 1 atom stereocenters. The number of amides is 2. The van der Waals surface area contributed by atoms with E-state index < -0.39 is 17.1 Å². The van der Waals surface area contributed by atoms with E-state index >= 15 is 0 Å². The molecule has 14 heteroatoms. The summed E-state index contributed by atoms with van der Waals surface area (Å²) < 4.78 is 31.5. The Kier molecular flexibility index (Phi) is 20.4. The summed E-state index contributed by atoms with van der Waals surface area (Å²) in [6, 6.07) is 28.6. The van der Waals surface area contributed by atoms with Gasteiger partial charge in [0.15, 0.2) is 0 Å². The monoisotopic (exact) mass is 1030 g/mol. The summed E-state index contributed by atoms with van der Waals surface area (Å²) in [4.78, 5) is 38.7. The molecule has 0 fully saturated rings. The van der Waals surface area contributed by atoms with Crippen LogP contribution in [0.2, 0.25) is 0 Å². The Morgan fingerprint density at radius 3 is 1.73 bits per heavy atom. The average molecular weight is 1040 g/mol. The molecule has 2 aromatic heterocycles. The van der Waals surface area contributed by atoms with E-state index in [2.05, 4.69) is 86.0 Å². The summed E-state index contributed by atoms with van der Waals surface area (Å²) in [5.41, 5.74) is 13.4. The van der Waals surface area contributed by atoms with E-state index in [0.717, 1.165) is 56.1 Å². The van der Waals surface area contributed by atoms with Crippen molar-refractivity contribution in [3.05, 3.63) is 160 Å². The number of carbonyl (C=O) groups excluding carboxylic acids is 2. The fraction of sp³-hybridized carbons (Fsp3) is 0.377. The number of benzene rings is 4. The first-order valence-corrected chi connectivity index (χ1v) is 24.5. The molecular weight excluding hydrogens is 971 g/mol. The quantitative estimate of drug-likeness (QED) is 0.0932. The molecule has 4 aromatic carbocycles. The van der Waals surface area contributed by atoms with Crippen LogP contribution in [0.1, 0.15) is 94.7 Å². The van der Waals surface area contributed by atoms with E-state index in [1.807, 2.05) is 81.8 Å². The minimum absolute atomic E-state index is 0. The number of unbranched alkanes of at least 4 members (excludes halogenated alkanes) is 1. The van der Waals surface area contributed by atoms with E-state index in [9.17, 15) is 18.4 Å². The predicted molar refractivity (Wildman–Crippen MR) is 270 cm³/mol. The zero-order chi connectivity index (χ0) is 48.3. The summed E-state index contributed by atoms with van der Waals surface area (Å²) in [5, 5.41) is 0.952. The van der Waals surface area contributed by atoms with Crippen LogP contribution < -0.4 is 24.6 Å². The first kappa shape index (κ1) is 55.2. The molecule has 0 spiro atoms. The number of rotatable bonds is 8. The average Bonchev–Trinajstić information content (AvgIpc) is 3.91. The molecule has 0 radical (unpaired) electrons. The molecule has 2 N–H and O–H groups in total. The number of hydrogen-bond donors (Lipinski definition) is 1. The second kappa shape index (κ2) is 24.8. The Labute approximate surface area is 425 Å². The number of imidazole rings is 2. The number of halogens is 4. The summed E-state index contributed by atoms with van der Waals surface area (Å²) in [6.45, 7) is 22.3. The van der Waals surface area contributed by atoms with Crippen LogP contribution in [0.3, 0.4) is 0 Å². The van der Waals surface area contributed by atoms with Crippen molar-refractivity contribution >= 4 is 43.7 Å². The minimum Gasteiger partial charge on any atom is -0.343 e. The van der Waals surface area contributed by atoms with Gasteiger partial charge < -0.3 is 31.6 Å². The van der Waals surface area contributed by atoms with Gasteiger partial charge in [0, 0.05) is 55.3 Å². The number of nitrogens with zero attached hydrogens (tertiary/aromatic N) is 6. The van der Waals surface area contributed by atoms with Crippen LogP contribution in [-0.4, -0.2) is 59.8 Å². The maximum atomic E-state index is 13.3. The van der Waals surface area contributed by atoms with Crippen molar-refractivity contribution in [2.75, 3.05) is 13.1 Å². The van der Waals surface area contributed by atoms with E-state index in [-0.39, 0.29) is 42.3 Å². The smallest absolute Gasteiger partial charge is 0.343 e. The fourth-order valence-corrected chi connectivity index (χ4v) is 8.93. The molecule has 9 nitrogen and oxygen atoms in total. The molecule has 2 amide bonds. The van der Waals surface area contributed by atoms with Crippen LogP contribution in [0.5, 0.6) is 0 Å². The van der Waals surface area contributed by atoms with Gasteiger partial charge in [-0.2, -0.15) is 6.42 Å². The van der Waals surface area contributed by atoms with Gasteiger partial charge in [-0.1, -0.05) is 95.9 Å². The largest absolute Gasteiger partial charge is 1.00 e. The summed E-state index contributed by atoms with van der Waals surface area (Å²) in [5.74, 6) is 1.17. The van der Waals surface area contributed by atoms with Crippen LogP contribution in [0.15, 0.2) is 108 Å². The molecule has 0 aliphatic carbocycles. The molecule has 0 bridgehead atoms. The van der Waals surface area contributed by atoms with E-state index in [4.69, 9.17) is 15.7 Å². The maximum Gasteiger partial charge on any atom is 1.00 e. The van der Waals surface area contributed by atoms with Crippen LogP contribution in [0.4, 0.5) is 8.78 Å². The molecule has 0 saturated carbocycles. The number of alkyl halides is 1. The van der Waals surface area contributed by atoms with Gasteiger partial charge in [-0.15, -0.1) is 0 Å². The fourth-order valence-electron chi connectivity index (χ4n) is 7.89. The van der Waals surface area contributed by atoms with Crippen LogP contribution in [0.25, 0.3) is 22.5 Å². The number of nitrogens with two attached hydrogens (primary N) is 1. The number of fused-ring (bicyclic) bond motifs is 2. The summed E-state index contributed by atoms with van der Waals surface area (Å²) >= 11 is 7.00. The Bertz CT molecular complexity index is 2520. The summed E-state index contributed by atoms with van der Waals surface area (Å²) in [7, 11) is 0. The topological polar surface area (TPSA) is 102 Å². The molecule has 8 rings (SSSR count). The first-order chi connectivity index (χ1) is 31.3. The van der Waals surface area contributed by atoms with Gasteiger partial charge in [0.05, 0.1) is 22.8 Å². The Balaban J connectivity index is 0.000000233. The standard InChI is InChI=1S/C24H27FN4O.C17H19BrFN3O.C8H9Br.C4H9.Li/c1-16-4-6-17(7-5-16)14-20(26)22(30)29-13-12-28-15-21(27-23(28)24(29,2)3)18-8-10-19(25)11-9-18;1-4-13(23)22-10-9-21-15(18)14(20-16(21)17(22,2)3)11-5-7-12(19)8-6-11;1-7-2-4-8(6-9)5-3-7;1-3-4-2;/h4-11,15,20H,12-14,26H2,1-3H3;5-8H,4,9-10H2,1-3H3;2-5H,6H2,1H3;1,3-4H2,2H3;/q;;;-1;+1. The first-order valence-electron chi connectivity index (χ1n) is 22.6. The molecule has 4 heterocycles. The van der Waals surface area contributed by atoms with Gasteiger partial charge in [-0.3, -0.25) is 9.59 Å².